The van der Waals surface area contributed by atoms with E-state index in [9.17, 15) is 8.42 Å². The van der Waals surface area contributed by atoms with Gasteiger partial charge in [0.15, 0.2) is 4.80 Å². The van der Waals surface area contributed by atoms with E-state index in [0.29, 0.717) is 4.47 Å². The fourth-order valence-electron chi connectivity index (χ4n) is 2.38. The summed E-state index contributed by atoms with van der Waals surface area (Å²) in [7, 11) is -0.315. The number of halogens is 1. The lowest BCUT2D eigenvalue weighted by Crippen LogP contribution is -2.14. The Hall–Kier alpha value is -1.94. The molecule has 0 atom stereocenters. The Labute approximate surface area is 163 Å². The van der Waals surface area contributed by atoms with Gasteiger partial charge >= 0.3 is 0 Å². The second-order valence-electron chi connectivity index (χ2n) is 5.46. The van der Waals surface area contributed by atoms with Crippen LogP contribution in [0.2, 0.25) is 0 Å². The van der Waals surface area contributed by atoms with Gasteiger partial charge in [-0.15, -0.1) is 11.3 Å². The lowest BCUT2D eigenvalue weighted by Gasteiger charge is -2.07. The van der Waals surface area contributed by atoms with Crippen LogP contribution in [0.3, 0.4) is 0 Å². The topological polar surface area (TPSA) is 86.7 Å². The number of hydrogen-bond donors (Lipinski definition) is 1. The highest BCUT2D eigenvalue weighted by molar-refractivity contribution is 9.10. The number of nitrogens with two attached hydrogens (primary N) is 1. The smallest absolute Gasteiger partial charge is 0.239 e. The van der Waals surface area contributed by atoms with Gasteiger partial charge in [0.2, 0.25) is 10.0 Å². The highest BCUT2D eigenvalue weighted by atomic mass is 79.9. The Kier molecular flexibility index (Phi) is 5.33. The molecule has 0 bridgehead atoms. The molecule has 2 N–H and O–H groups in total. The van der Waals surface area contributed by atoms with E-state index in [0.717, 1.165) is 27.5 Å². The molecule has 0 unspecified atom stereocenters. The van der Waals surface area contributed by atoms with Crippen molar-refractivity contribution < 1.29 is 13.2 Å². The molecule has 1 aromatic heterocycles. The second kappa shape index (κ2) is 7.36. The van der Waals surface area contributed by atoms with Gasteiger partial charge in [0.05, 0.1) is 23.4 Å². The van der Waals surface area contributed by atoms with Gasteiger partial charge in [-0.3, -0.25) is 0 Å². The van der Waals surface area contributed by atoms with E-state index in [4.69, 9.17) is 9.88 Å². The molecule has 0 radical (unpaired) electrons. The van der Waals surface area contributed by atoms with Crippen LogP contribution >= 0.6 is 27.3 Å². The molecule has 0 aliphatic carbocycles. The third-order valence-corrected chi connectivity index (χ3v) is 6.58. The Bertz CT molecular complexity index is 1120. The van der Waals surface area contributed by atoms with E-state index < -0.39 is 10.0 Å². The lowest BCUT2D eigenvalue weighted by atomic mass is 10.2. The third kappa shape index (κ3) is 3.90. The van der Waals surface area contributed by atoms with Crippen molar-refractivity contribution in [2.45, 2.75) is 4.90 Å². The van der Waals surface area contributed by atoms with Crippen LogP contribution in [0.25, 0.3) is 11.3 Å². The normalized spacial score (nSPS) is 12.4. The summed E-state index contributed by atoms with van der Waals surface area (Å²) < 4.78 is 31.0. The average Bonchev–Trinajstić information content (AvgIpc) is 2.96. The number of primary sulfonamides is 1. The monoisotopic (exact) mass is 453 g/mol. The standard InChI is InChI=1S/C17H16BrN3O3S2/c1-21-15(11-3-8-14(18)16(9-11)26(19,22)23)10-25-17(21)20-12-4-6-13(24-2)7-5-12/h3-10H,1-2H3,(H2,19,22,23)/b20-17+. The van der Waals surface area contributed by atoms with Crippen LogP contribution in [0.1, 0.15) is 0 Å². The van der Waals surface area contributed by atoms with Crippen molar-refractivity contribution in [3.8, 4) is 17.0 Å². The molecule has 0 saturated heterocycles. The van der Waals surface area contributed by atoms with Crippen molar-refractivity contribution in [3.05, 3.63) is 57.1 Å². The third-order valence-electron chi connectivity index (χ3n) is 3.75. The largest absolute Gasteiger partial charge is 0.497 e. The van der Waals surface area contributed by atoms with Crippen LogP contribution in [0.15, 0.2) is 62.2 Å². The zero-order chi connectivity index (χ0) is 18.9. The van der Waals surface area contributed by atoms with Gasteiger partial charge < -0.3 is 9.30 Å². The fraction of sp³-hybridized carbons (Fsp3) is 0.118. The fourth-order valence-corrected chi connectivity index (χ4v) is 4.86. The van der Waals surface area contributed by atoms with Crippen LogP contribution in [0, 0.1) is 0 Å². The molecule has 0 fully saturated rings. The molecule has 1 heterocycles. The summed E-state index contributed by atoms with van der Waals surface area (Å²) in [4.78, 5) is 5.46. The number of rotatable bonds is 4. The first-order valence-electron chi connectivity index (χ1n) is 7.45. The van der Waals surface area contributed by atoms with E-state index in [1.54, 1.807) is 19.2 Å². The zero-order valence-corrected chi connectivity index (χ0v) is 17.2. The lowest BCUT2D eigenvalue weighted by molar-refractivity contribution is 0.415. The van der Waals surface area contributed by atoms with E-state index in [-0.39, 0.29) is 4.90 Å². The first-order valence-corrected chi connectivity index (χ1v) is 10.7. The Balaban J connectivity index is 2.05. The molecule has 3 aromatic rings. The Morgan fingerprint density at radius 1 is 1.19 bits per heavy atom. The van der Waals surface area contributed by atoms with Gasteiger partial charge in [-0.25, -0.2) is 18.5 Å². The van der Waals surface area contributed by atoms with Crippen molar-refractivity contribution in [2.24, 2.45) is 17.2 Å². The van der Waals surface area contributed by atoms with Crippen LogP contribution in [0.4, 0.5) is 5.69 Å². The van der Waals surface area contributed by atoms with Gasteiger partial charge in [-0.05, 0) is 52.3 Å². The molecule has 0 aliphatic rings. The van der Waals surface area contributed by atoms with E-state index in [1.807, 2.05) is 47.3 Å². The summed E-state index contributed by atoms with van der Waals surface area (Å²) >= 11 is 4.69. The van der Waals surface area contributed by atoms with E-state index in [2.05, 4.69) is 20.9 Å². The minimum atomic E-state index is -3.81. The quantitative estimate of drug-likeness (QED) is 0.656. The number of aromatic nitrogens is 1. The number of methoxy groups -OCH3 is 1. The number of sulfonamides is 1. The number of benzene rings is 2. The Morgan fingerprint density at radius 3 is 2.50 bits per heavy atom. The molecule has 9 heteroatoms. The molecular weight excluding hydrogens is 438 g/mol. The Morgan fingerprint density at radius 2 is 1.88 bits per heavy atom. The average molecular weight is 454 g/mol. The summed E-state index contributed by atoms with van der Waals surface area (Å²) in [6.07, 6.45) is 0. The van der Waals surface area contributed by atoms with Gasteiger partial charge in [-0.2, -0.15) is 0 Å². The maximum absolute atomic E-state index is 11.7. The van der Waals surface area contributed by atoms with Crippen molar-refractivity contribution >= 4 is 43.0 Å². The van der Waals surface area contributed by atoms with Gasteiger partial charge in [0.25, 0.3) is 0 Å². The van der Waals surface area contributed by atoms with Crippen LogP contribution in [-0.4, -0.2) is 20.1 Å². The molecular formula is C17H16BrN3O3S2. The summed E-state index contributed by atoms with van der Waals surface area (Å²) in [5.41, 5.74) is 2.39. The number of thiazole rings is 1. The van der Waals surface area contributed by atoms with Crippen LogP contribution in [-0.2, 0) is 17.1 Å². The van der Waals surface area contributed by atoms with E-state index >= 15 is 0 Å². The van der Waals surface area contributed by atoms with Crippen LogP contribution in [0.5, 0.6) is 5.75 Å². The molecule has 0 aliphatic heterocycles. The molecule has 0 saturated carbocycles. The van der Waals surface area contributed by atoms with E-state index in [1.165, 1.54) is 11.3 Å². The minimum Gasteiger partial charge on any atom is -0.497 e. The number of nitrogens with zero attached hydrogens (tertiary/aromatic N) is 2. The molecule has 2 aromatic carbocycles. The first-order chi connectivity index (χ1) is 12.3. The van der Waals surface area contributed by atoms with Gasteiger partial charge in [0, 0.05) is 22.5 Å². The maximum atomic E-state index is 11.7. The summed E-state index contributed by atoms with van der Waals surface area (Å²) in [6, 6.07) is 12.5. The van der Waals surface area contributed by atoms with Crippen molar-refractivity contribution in [2.75, 3.05) is 7.11 Å². The first kappa shape index (κ1) is 18.8. The van der Waals surface area contributed by atoms with Crippen molar-refractivity contribution in [1.29, 1.82) is 0 Å². The van der Waals surface area contributed by atoms with Gasteiger partial charge in [0.1, 0.15) is 5.75 Å². The van der Waals surface area contributed by atoms with Crippen LogP contribution < -0.4 is 14.7 Å². The molecule has 0 amide bonds. The number of hydrogen-bond acceptors (Lipinski definition) is 5. The summed E-state index contributed by atoms with van der Waals surface area (Å²) in [6.45, 7) is 0. The molecule has 136 valence electrons. The van der Waals surface area contributed by atoms with Crippen molar-refractivity contribution in [1.82, 2.24) is 4.57 Å². The zero-order valence-electron chi connectivity index (χ0n) is 14.0. The predicted octanol–water partition coefficient (Wildman–Crippen LogP) is 3.40. The predicted molar refractivity (Wildman–Crippen MR) is 106 cm³/mol. The molecule has 0 spiro atoms. The highest BCUT2D eigenvalue weighted by Gasteiger charge is 2.15. The SMILES string of the molecule is COc1ccc(/N=c2/scc(-c3ccc(Br)c(S(N)(=O)=O)c3)n2C)cc1. The molecule has 6 nitrogen and oxygen atoms in total. The molecule has 26 heavy (non-hydrogen) atoms. The highest BCUT2D eigenvalue weighted by Crippen LogP contribution is 2.28. The second-order valence-corrected chi connectivity index (χ2v) is 8.68. The summed E-state index contributed by atoms with van der Waals surface area (Å²) in [5, 5.41) is 7.21. The van der Waals surface area contributed by atoms with Crippen molar-refractivity contribution in [3.63, 3.8) is 0 Å². The maximum Gasteiger partial charge on any atom is 0.239 e. The van der Waals surface area contributed by atoms with Gasteiger partial charge in [-0.1, -0.05) is 6.07 Å². The summed E-state index contributed by atoms with van der Waals surface area (Å²) in [5.74, 6) is 0.769. The minimum absolute atomic E-state index is 0.0508. The number of ether oxygens (including phenoxy) is 1. The molecule has 3 rings (SSSR count).